The molecule has 1 aromatic heterocycles. The number of fused-ring (bicyclic) bond motifs is 1. The smallest absolute Gasteiger partial charge is 0.320 e. The Morgan fingerprint density at radius 1 is 1.15 bits per heavy atom. The maximum absolute atomic E-state index is 12.2. The molecule has 1 heterocycles. The first-order valence-electron chi connectivity index (χ1n) is 8.51. The van der Waals surface area contributed by atoms with E-state index in [1.54, 1.807) is 24.9 Å². The summed E-state index contributed by atoms with van der Waals surface area (Å²) in [5.41, 5.74) is 0.972. The van der Waals surface area contributed by atoms with Crippen molar-refractivity contribution >= 4 is 22.6 Å². The van der Waals surface area contributed by atoms with Crippen molar-refractivity contribution in [2.24, 2.45) is 7.05 Å². The van der Waals surface area contributed by atoms with E-state index in [9.17, 15) is 4.79 Å². The van der Waals surface area contributed by atoms with Crippen molar-refractivity contribution in [1.82, 2.24) is 15.1 Å². The predicted molar refractivity (Wildman–Crippen MR) is 104 cm³/mol. The maximum atomic E-state index is 12.2. The van der Waals surface area contributed by atoms with Crippen LogP contribution in [-0.4, -0.2) is 29.5 Å². The Morgan fingerprint density at radius 2 is 1.88 bits per heavy atom. The first kappa shape index (κ1) is 17.8. The lowest BCUT2D eigenvalue weighted by atomic mass is 9.83. The fourth-order valence-corrected chi connectivity index (χ4v) is 2.88. The second kappa shape index (κ2) is 7.07. The van der Waals surface area contributed by atoms with E-state index in [1.807, 2.05) is 12.1 Å². The molecule has 2 amide bonds. The van der Waals surface area contributed by atoms with Gasteiger partial charge in [0.25, 0.3) is 0 Å². The maximum Gasteiger partial charge on any atom is 0.320 e. The Morgan fingerprint density at radius 3 is 2.58 bits per heavy atom. The summed E-state index contributed by atoms with van der Waals surface area (Å²) < 4.78 is 6.71. The van der Waals surface area contributed by atoms with E-state index in [4.69, 9.17) is 4.74 Å². The van der Waals surface area contributed by atoms with Gasteiger partial charge in [-0.2, -0.15) is 5.10 Å². The van der Waals surface area contributed by atoms with Crippen LogP contribution >= 0.6 is 0 Å². The van der Waals surface area contributed by atoms with Crippen LogP contribution in [-0.2, 0) is 12.5 Å². The van der Waals surface area contributed by atoms with Crippen molar-refractivity contribution in [3.05, 3.63) is 54.1 Å². The topological polar surface area (TPSA) is 68.2 Å². The van der Waals surface area contributed by atoms with Gasteiger partial charge in [-0.05, 0) is 16.3 Å². The highest BCUT2D eigenvalue weighted by Crippen LogP contribution is 2.26. The number of urea groups is 1. The van der Waals surface area contributed by atoms with Crippen LogP contribution < -0.4 is 15.4 Å². The minimum atomic E-state index is -0.292. The first-order valence-corrected chi connectivity index (χ1v) is 8.51. The number of rotatable bonds is 5. The van der Waals surface area contributed by atoms with Crippen molar-refractivity contribution in [3.8, 4) is 5.88 Å². The molecule has 0 aliphatic carbocycles. The predicted octanol–water partition coefficient (Wildman–Crippen LogP) is 3.68. The average molecular weight is 352 g/mol. The van der Waals surface area contributed by atoms with Crippen LogP contribution in [0.3, 0.4) is 0 Å². The summed E-state index contributed by atoms with van der Waals surface area (Å²) in [6.07, 6.45) is 0. The monoisotopic (exact) mass is 352 g/mol. The number of ether oxygens (including phenoxy) is 1. The van der Waals surface area contributed by atoms with Gasteiger partial charge in [-0.15, -0.1) is 0 Å². The van der Waals surface area contributed by atoms with E-state index in [-0.39, 0.29) is 11.4 Å². The number of nitrogens with zero attached hydrogens (tertiary/aromatic N) is 2. The number of amides is 2. The lowest BCUT2D eigenvalue weighted by Crippen LogP contribution is -2.39. The van der Waals surface area contributed by atoms with E-state index >= 15 is 0 Å². The Kier molecular flexibility index (Phi) is 4.84. The lowest BCUT2D eigenvalue weighted by Gasteiger charge is -2.26. The van der Waals surface area contributed by atoms with Gasteiger partial charge < -0.3 is 10.1 Å². The molecule has 0 radical (unpaired) electrons. The number of nitrogens with one attached hydrogen (secondary N) is 2. The van der Waals surface area contributed by atoms with E-state index < -0.39 is 0 Å². The molecule has 0 saturated heterocycles. The molecule has 6 heteroatoms. The Balaban J connectivity index is 1.65. The van der Waals surface area contributed by atoms with Crippen LogP contribution in [0, 0.1) is 0 Å². The normalized spacial score (nSPS) is 11.4. The zero-order valence-electron chi connectivity index (χ0n) is 15.5. The molecule has 0 spiro atoms. The molecule has 136 valence electrons. The first-order chi connectivity index (χ1) is 12.4. The molecule has 2 aromatic carbocycles. The third kappa shape index (κ3) is 3.79. The highest BCUT2D eigenvalue weighted by Gasteiger charge is 2.22. The number of hydrogen-bond donors (Lipinski definition) is 2. The van der Waals surface area contributed by atoms with Crippen LogP contribution in [0.2, 0.25) is 0 Å². The molecule has 26 heavy (non-hydrogen) atoms. The number of hydrogen-bond acceptors (Lipinski definition) is 3. The average Bonchev–Trinajstić information content (AvgIpc) is 2.99. The van der Waals surface area contributed by atoms with Gasteiger partial charge in [-0.1, -0.05) is 56.3 Å². The van der Waals surface area contributed by atoms with Gasteiger partial charge in [-0.3, -0.25) is 5.32 Å². The zero-order chi connectivity index (χ0) is 18.7. The van der Waals surface area contributed by atoms with E-state index in [0.29, 0.717) is 18.2 Å². The van der Waals surface area contributed by atoms with Crippen molar-refractivity contribution in [1.29, 1.82) is 0 Å². The van der Waals surface area contributed by atoms with Gasteiger partial charge >= 0.3 is 6.03 Å². The molecule has 0 aliphatic rings. The van der Waals surface area contributed by atoms with Gasteiger partial charge in [0.1, 0.15) is 0 Å². The van der Waals surface area contributed by atoms with Gasteiger partial charge in [0, 0.05) is 25.1 Å². The van der Waals surface area contributed by atoms with E-state index in [1.165, 1.54) is 16.3 Å². The fraction of sp³-hybridized carbons (Fsp3) is 0.300. The minimum absolute atomic E-state index is 0.205. The van der Waals surface area contributed by atoms with Gasteiger partial charge in [-0.25, -0.2) is 9.48 Å². The van der Waals surface area contributed by atoms with Crippen LogP contribution in [0.25, 0.3) is 10.8 Å². The molecule has 3 rings (SSSR count). The summed E-state index contributed by atoms with van der Waals surface area (Å²) in [5, 5.41) is 12.2. The third-order valence-corrected chi connectivity index (χ3v) is 4.51. The molecule has 0 bridgehead atoms. The molecule has 0 unspecified atom stereocenters. The molecule has 3 aromatic rings. The van der Waals surface area contributed by atoms with Gasteiger partial charge in [0.2, 0.25) is 5.88 Å². The summed E-state index contributed by atoms with van der Waals surface area (Å²) >= 11 is 0. The highest BCUT2D eigenvalue weighted by molar-refractivity contribution is 5.88. The standard InChI is InChI=1S/C20H24N4O2/c1-20(2,16-10-9-14-7-5-6-8-15(14)11-16)13-21-19(25)22-17-12-18(26-4)24(3)23-17/h5-12H,13H2,1-4H3,(H2,21,22,23,25). The van der Waals surface area contributed by atoms with Crippen LogP contribution in [0.4, 0.5) is 10.6 Å². The molecule has 0 aliphatic heterocycles. The number of benzene rings is 2. The Hall–Kier alpha value is -3.02. The lowest BCUT2D eigenvalue weighted by molar-refractivity contribution is 0.249. The second-order valence-corrected chi connectivity index (χ2v) is 6.95. The number of aromatic nitrogens is 2. The largest absolute Gasteiger partial charge is 0.481 e. The zero-order valence-corrected chi connectivity index (χ0v) is 15.5. The molecule has 0 saturated carbocycles. The van der Waals surface area contributed by atoms with E-state index in [2.05, 4.69) is 59.9 Å². The second-order valence-electron chi connectivity index (χ2n) is 6.95. The summed E-state index contributed by atoms with van der Waals surface area (Å²) in [5.74, 6) is 1.03. The highest BCUT2D eigenvalue weighted by atomic mass is 16.5. The van der Waals surface area contributed by atoms with Crippen molar-refractivity contribution in [3.63, 3.8) is 0 Å². The van der Waals surface area contributed by atoms with Crippen molar-refractivity contribution in [2.75, 3.05) is 19.0 Å². The van der Waals surface area contributed by atoms with E-state index in [0.717, 1.165) is 0 Å². The molecule has 2 N–H and O–H groups in total. The fourth-order valence-electron chi connectivity index (χ4n) is 2.88. The summed E-state index contributed by atoms with van der Waals surface area (Å²) in [4.78, 5) is 12.2. The minimum Gasteiger partial charge on any atom is -0.481 e. The van der Waals surface area contributed by atoms with Crippen molar-refractivity contribution in [2.45, 2.75) is 19.3 Å². The molecule has 0 atom stereocenters. The van der Waals surface area contributed by atoms with Crippen molar-refractivity contribution < 1.29 is 9.53 Å². The summed E-state index contributed by atoms with van der Waals surface area (Å²) in [6.45, 7) is 4.73. The van der Waals surface area contributed by atoms with Crippen LogP contribution in [0.1, 0.15) is 19.4 Å². The molecular weight excluding hydrogens is 328 g/mol. The van der Waals surface area contributed by atoms with Gasteiger partial charge in [0.05, 0.1) is 7.11 Å². The van der Waals surface area contributed by atoms with Crippen LogP contribution in [0.15, 0.2) is 48.5 Å². The number of carbonyl (C=O) groups is 1. The number of anilines is 1. The molecule has 6 nitrogen and oxygen atoms in total. The molecule has 0 fully saturated rings. The Bertz CT molecular complexity index is 930. The summed E-state index contributed by atoms with van der Waals surface area (Å²) in [6, 6.07) is 16.1. The van der Waals surface area contributed by atoms with Crippen LogP contribution in [0.5, 0.6) is 5.88 Å². The summed E-state index contributed by atoms with van der Waals surface area (Å²) in [7, 11) is 3.32. The quantitative estimate of drug-likeness (QED) is 0.736. The number of aryl methyl sites for hydroxylation is 1. The number of carbonyl (C=O) groups excluding carboxylic acids is 1. The third-order valence-electron chi connectivity index (χ3n) is 4.51. The Labute approximate surface area is 153 Å². The number of methoxy groups -OCH3 is 1. The molecular formula is C20H24N4O2. The SMILES string of the molecule is COc1cc(NC(=O)NCC(C)(C)c2ccc3ccccc3c2)nn1C. The van der Waals surface area contributed by atoms with Gasteiger partial charge in [0.15, 0.2) is 5.82 Å².